The van der Waals surface area contributed by atoms with Gasteiger partial charge in [-0.3, -0.25) is 19.2 Å². The van der Waals surface area contributed by atoms with Crippen molar-refractivity contribution in [1.82, 2.24) is 15.1 Å². The van der Waals surface area contributed by atoms with Crippen molar-refractivity contribution in [2.75, 3.05) is 34.4 Å². The van der Waals surface area contributed by atoms with E-state index in [-0.39, 0.29) is 42.2 Å². The maximum atomic E-state index is 13.5. The zero-order valence-corrected chi connectivity index (χ0v) is 23.3. The molecule has 0 aromatic carbocycles. The topological polar surface area (TPSA) is 125 Å². The molecule has 10 nitrogen and oxygen atoms in total. The molecule has 1 aliphatic rings. The number of carbonyl (C=O) groups excluding carboxylic acids is 3. The van der Waals surface area contributed by atoms with E-state index in [1.165, 1.54) is 7.11 Å². The molecule has 2 N–H and O–H groups in total. The monoisotopic (exact) mass is 513 g/mol. The second-order valence-electron chi connectivity index (χ2n) is 10.4. The van der Waals surface area contributed by atoms with E-state index in [0.29, 0.717) is 19.4 Å². The zero-order chi connectivity index (χ0) is 27.6. The Kier molecular flexibility index (Phi) is 13.4. The highest BCUT2D eigenvalue weighted by Crippen LogP contribution is 2.29. The third kappa shape index (κ3) is 8.73. The molecule has 5 unspecified atom stereocenters. The van der Waals surface area contributed by atoms with Crippen molar-refractivity contribution in [2.45, 2.75) is 91.0 Å². The average Bonchev–Trinajstić information content (AvgIpc) is 3.31. The summed E-state index contributed by atoms with van der Waals surface area (Å²) in [4.78, 5) is 53.2. The molecule has 0 bridgehead atoms. The predicted molar refractivity (Wildman–Crippen MR) is 136 cm³/mol. The fraction of sp³-hybridized carbons (Fsp3) is 0.846. The molecule has 1 rings (SSSR count). The van der Waals surface area contributed by atoms with Crippen LogP contribution < -0.4 is 5.32 Å². The summed E-state index contributed by atoms with van der Waals surface area (Å²) in [5, 5.41) is 11.3. The number of hydrogen-bond acceptors (Lipinski definition) is 6. The van der Waals surface area contributed by atoms with Gasteiger partial charge < -0.3 is 29.7 Å². The largest absolute Gasteiger partial charge is 0.480 e. The quantitative estimate of drug-likeness (QED) is 0.344. The van der Waals surface area contributed by atoms with Crippen LogP contribution in [-0.2, 0) is 28.7 Å². The Hall–Kier alpha value is -2.20. The van der Waals surface area contributed by atoms with Crippen LogP contribution in [0.3, 0.4) is 0 Å². The van der Waals surface area contributed by atoms with E-state index in [4.69, 9.17) is 14.6 Å². The van der Waals surface area contributed by atoms with E-state index in [0.717, 1.165) is 12.8 Å². The average molecular weight is 514 g/mol. The van der Waals surface area contributed by atoms with Crippen molar-refractivity contribution in [1.29, 1.82) is 0 Å². The van der Waals surface area contributed by atoms with Crippen LogP contribution in [0.15, 0.2) is 0 Å². The number of aliphatic carboxylic acids is 1. The molecule has 0 aromatic rings. The molecule has 1 fully saturated rings. The highest BCUT2D eigenvalue weighted by molar-refractivity contribution is 5.83. The van der Waals surface area contributed by atoms with Crippen LogP contribution in [0.1, 0.15) is 66.7 Å². The number of nitrogens with zero attached hydrogens (tertiary/aromatic N) is 2. The number of rotatable bonds is 15. The summed E-state index contributed by atoms with van der Waals surface area (Å²) < 4.78 is 11.5. The molecule has 0 aromatic heterocycles. The number of hydrogen-bond donors (Lipinski definition) is 2. The Labute approximate surface area is 216 Å². The first kappa shape index (κ1) is 31.8. The summed E-state index contributed by atoms with van der Waals surface area (Å²) in [6.07, 6.45) is 1.77. The second kappa shape index (κ2) is 15.1. The molecule has 10 heteroatoms. The smallest absolute Gasteiger partial charge is 0.322 e. The third-order valence-corrected chi connectivity index (χ3v) is 7.30. The molecule has 0 saturated carbocycles. The molecular weight excluding hydrogens is 466 g/mol. The molecule has 1 heterocycles. The number of carboxylic acids is 1. The fourth-order valence-corrected chi connectivity index (χ4v) is 5.14. The summed E-state index contributed by atoms with van der Waals surface area (Å²) in [6.45, 7) is 9.88. The SMILES string of the molecule is CCC(C)[C@@H](C(CC(=O)N1CCCC1C(OC)C(C)C(=O)NCC(=O)O)OC)N(C)C(=O)CC(C)C. The lowest BCUT2D eigenvalue weighted by Crippen LogP contribution is -2.53. The van der Waals surface area contributed by atoms with Crippen LogP contribution in [0.4, 0.5) is 0 Å². The van der Waals surface area contributed by atoms with Gasteiger partial charge in [-0.05, 0) is 24.7 Å². The van der Waals surface area contributed by atoms with Gasteiger partial charge in [0.15, 0.2) is 0 Å². The molecule has 6 atom stereocenters. The van der Waals surface area contributed by atoms with Gasteiger partial charge in [-0.15, -0.1) is 0 Å². The van der Waals surface area contributed by atoms with Gasteiger partial charge in [0.2, 0.25) is 17.7 Å². The number of carboxylic acid groups (broad SMARTS) is 1. The highest BCUT2D eigenvalue weighted by Gasteiger charge is 2.41. The molecule has 0 aliphatic carbocycles. The van der Waals surface area contributed by atoms with Crippen molar-refractivity contribution in [3.8, 4) is 0 Å². The van der Waals surface area contributed by atoms with E-state index in [1.807, 2.05) is 13.8 Å². The minimum absolute atomic E-state index is 0.0319. The Morgan fingerprint density at radius 3 is 2.22 bits per heavy atom. The maximum absolute atomic E-state index is 13.5. The molecular formula is C26H47N3O7. The molecule has 1 saturated heterocycles. The normalized spacial score (nSPS) is 19.9. The minimum Gasteiger partial charge on any atom is -0.480 e. The van der Waals surface area contributed by atoms with Crippen molar-refractivity contribution in [2.24, 2.45) is 17.8 Å². The first-order chi connectivity index (χ1) is 16.9. The lowest BCUT2D eigenvalue weighted by Gasteiger charge is -2.39. The van der Waals surface area contributed by atoms with Gasteiger partial charge in [-0.2, -0.15) is 0 Å². The zero-order valence-electron chi connectivity index (χ0n) is 23.3. The third-order valence-electron chi connectivity index (χ3n) is 7.30. The van der Waals surface area contributed by atoms with Crippen LogP contribution in [0.25, 0.3) is 0 Å². The van der Waals surface area contributed by atoms with Gasteiger partial charge in [-0.1, -0.05) is 41.0 Å². The number of methoxy groups -OCH3 is 2. The first-order valence-electron chi connectivity index (χ1n) is 13.0. The molecule has 3 amide bonds. The standard InChI is InChI=1S/C26H47N3O7/c1-9-17(4)24(28(6)21(30)13-16(2)3)20(35-7)14-22(31)29-12-10-11-19(29)25(36-8)18(5)26(34)27-15-23(32)33/h16-20,24-25H,9-15H2,1-8H3,(H,27,34)(H,32,33)/t17?,18?,19?,20?,24-,25?/m0/s1. The van der Waals surface area contributed by atoms with Crippen LogP contribution in [-0.4, -0.2) is 97.2 Å². The molecule has 208 valence electrons. The Balaban J connectivity index is 3.05. The number of carbonyl (C=O) groups is 4. The summed E-state index contributed by atoms with van der Waals surface area (Å²) in [6, 6.07) is -0.567. The highest BCUT2D eigenvalue weighted by atomic mass is 16.5. The maximum Gasteiger partial charge on any atom is 0.322 e. The van der Waals surface area contributed by atoms with Crippen LogP contribution in [0.5, 0.6) is 0 Å². The summed E-state index contributed by atoms with van der Waals surface area (Å²) in [5.41, 5.74) is 0. The van der Waals surface area contributed by atoms with E-state index < -0.39 is 36.5 Å². The fourth-order valence-electron chi connectivity index (χ4n) is 5.14. The second-order valence-corrected chi connectivity index (χ2v) is 10.4. The van der Waals surface area contributed by atoms with E-state index in [1.54, 1.807) is 30.9 Å². The predicted octanol–water partition coefficient (Wildman–Crippen LogP) is 2.15. The van der Waals surface area contributed by atoms with Gasteiger partial charge >= 0.3 is 5.97 Å². The minimum atomic E-state index is -1.12. The molecule has 36 heavy (non-hydrogen) atoms. The summed E-state index contributed by atoms with van der Waals surface area (Å²) in [7, 11) is 4.86. The number of ether oxygens (including phenoxy) is 2. The number of amides is 3. The Morgan fingerprint density at radius 1 is 1.08 bits per heavy atom. The van der Waals surface area contributed by atoms with Crippen LogP contribution in [0.2, 0.25) is 0 Å². The summed E-state index contributed by atoms with van der Waals surface area (Å²) in [5.74, 6) is -1.92. The van der Waals surface area contributed by atoms with Crippen molar-refractivity contribution < 1.29 is 33.8 Å². The number of likely N-dealkylation sites (tertiary alicyclic amines) is 1. The van der Waals surface area contributed by atoms with E-state index in [9.17, 15) is 19.2 Å². The van der Waals surface area contributed by atoms with Crippen LogP contribution >= 0.6 is 0 Å². The lowest BCUT2D eigenvalue weighted by molar-refractivity contribution is -0.146. The van der Waals surface area contributed by atoms with E-state index in [2.05, 4.69) is 19.2 Å². The Morgan fingerprint density at radius 2 is 1.72 bits per heavy atom. The molecule has 0 radical (unpaired) electrons. The van der Waals surface area contributed by atoms with Gasteiger partial charge in [0.25, 0.3) is 0 Å². The van der Waals surface area contributed by atoms with Crippen molar-refractivity contribution >= 4 is 23.7 Å². The van der Waals surface area contributed by atoms with E-state index >= 15 is 0 Å². The van der Waals surface area contributed by atoms with Crippen molar-refractivity contribution in [3.63, 3.8) is 0 Å². The Bertz CT molecular complexity index is 745. The first-order valence-corrected chi connectivity index (χ1v) is 13.0. The van der Waals surface area contributed by atoms with Crippen molar-refractivity contribution in [3.05, 3.63) is 0 Å². The summed E-state index contributed by atoms with van der Waals surface area (Å²) >= 11 is 0. The van der Waals surface area contributed by atoms with Gasteiger partial charge in [-0.25, -0.2) is 0 Å². The van der Waals surface area contributed by atoms with Crippen LogP contribution in [0, 0.1) is 17.8 Å². The number of nitrogens with one attached hydrogen (secondary N) is 1. The van der Waals surface area contributed by atoms with Gasteiger partial charge in [0.1, 0.15) is 6.54 Å². The lowest BCUT2D eigenvalue weighted by atomic mass is 9.90. The van der Waals surface area contributed by atoms with Gasteiger partial charge in [0, 0.05) is 34.2 Å². The molecule has 1 aliphatic heterocycles. The van der Waals surface area contributed by atoms with Gasteiger partial charge in [0.05, 0.1) is 36.6 Å². The number of likely N-dealkylation sites (N-methyl/N-ethyl adjacent to an activating group) is 1. The molecule has 0 spiro atoms.